The monoisotopic (exact) mass is 1030 g/mol. The molecule has 2 aliphatic carbocycles. The van der Waals surface area contributed by atoms with E-state index in [4.69, 9.17) is 9.47 Å². The van der Waals surface area contributed by atoms with Crippen molar-refractivity contribution in [1.29, 1.82) is 10.5 Å². The molecule has 4 aromatic rings. The fourth-order valence-corrected chi connectivity index (χ4v) is 11.5. The number of amides is 4. The lowest BCUT2D eigenvalue weighted by molar-refractivity contribution is -0.141. The van der Waals surface area contributed by atoms with E-state index < -0.39 is 53.5 Å². The summed E-state index contributed by atoms with van der Waals surface area (Å²) in [7, 11) is 0. The quantitative estimate of drug-likeness (QED) is 0.121. The molecule has 7 atom stereocenters. The van der Waals surface area contributed by atoms with Gasteiger partial charge in [-0.05, 0) is 110 Å². The van der Waals surface area contributed by atoms with Crippen LogP contribution in [-0.2, 0) is 39.5 Å². The van der Waals surface area contributed by atoms with Gasteiger partial charge in [-0.1, -0.05) is 104 Å². The number of aromatic nitrogens is 2. The fraction of sp³-hybridized carbons (Fsp3) is 0.533. The summed E-state index contributed by atoms with van der Waals surface area (Å²) in [5.74, 6) is -1.87. The van der Waals surface area contributed by atoms with Crippen LogP contribution in [0.25, 0.3) is 0 Å². The number of hydrogen-bond acceptors (Lipinski definition) is 12. The van der Waals surface area contributed by atoms with Gasteiger partial charge in [0.05, 0.1) is 38.0 Å². The fourth-order valence-electron chi connectivity index (χ4n) is 11.5. The molecule has 0 radical (unpaired) electrons. The number of ether oxygens (including phenoxy) is 2. The molecular weight excluding hydrogens is 957 g/mol. The second-order valence-corrected chi connectivity index (χ2v) is 23.8. The van der Waals surface area contributed by atoms with Crippen molar-refractivity contribution in [3.63, 3.8) is 0 Å². The van der Waals surface area contributed by atoms with Crippen LogP contribution < -0.4 is 20.4 Å². The lowest BCUT2D eigenvalue weighted by atomic mass is 9.80. The topological polar surface area (TPSA) is 197 Å². The minimum Gasteiger partial charge on any atom is -0.377 e. The number of hydrogen-bond donors (Lipinski definition) is 2. The van der Waals surface area contributed by atoms with E-state index in [0.29, 0.717) is 48.2 Å². The molecule has 2 N–H and O–H groups in total. The standard InChI is InChI=1S/C60H76N10O6/c1-58(2,3)43-21-25-47(26-22-43)69(56(73)50-36-76-60(7,8)37-67(50)38-61)53(42-17-14-30-64-33-42)55(72)66-46-20-12-15-40(31-46)49-34-75-35-51(68(49)39-62)57(74)70(48-27-23-44(24-28-48)59(4,5)6)52(41-16-13-29-63-32-41)54(71)65-45-18-10-9-11-19-45/h13-14,16-17,21-30,32-33,40,45-46,49-53H,9-12,15,18-20,31,34-37H2,1-8H3,(H,65,71)(H,66,72)/t40?,46?,49?,50-,51-,52-,53-/m1/s1. The first-order chi connectivity index (χ1) is 36.3. The predicted molar refractivity (Wildman–Crippen MR) is 290 cm³/mol. The highest BCUT2D eigenvalue weighted by molar-refractivity contribution is 6.05. The van der Waals surface area contributed by atoms with E-state index >= 15 is 14.4 Å². The van der Waals surface area contributed by atoms with Crippen molar-refractivity contribution in [3.8, 4) is 12.4 Å². The van der Waals surface area contributed by atoms with Crippen molar-refractivity contribution in [3.05, 3.63) is 120 Å². The van der Waals surface area contributed by atoms with Gasteiger partial charge in [-0.25, -0.2) is 0 Å². The van der Waals surface area contributed by atoms with Crippen LogP contribution in [0.2, 0.25) is 0 Å². The highest BCUT2D eigenvalue weighted by Crippen LogP contribution is 2.38. The van der Waals surface area contributed by atoms with Crippen molar-refractivity contribution < 1.29 is 28.7 Å². The third-order valence-corrected chi connectivity index (χ3v) is 15.7. The summed E-state index contributed by atoms with van der Waals surface area (Å²) in [6, 6.07) is 17.1. The maximum atomic E-state index is 15.6. The number of pyridine rings is 2. The largest absolute Gasteiger partial charge is 0.377 e. The number of anilines is 2. The molecule has 2 saturated carbocycles. The van der Waals surface area contributed by atoms with Gasteiger partial charge in [-0.2, -0.15) is 10.5 Å². The predicted octanol–water partition coefficient (Wildman–Crippen LogP) is 8.56. The Bertz CT molecular complexity index is 2720. The lowest BCUT2D eigenvalue weighted by Gasteiger charge is -2.45. The second-order valence-electron chi connectivity index (χ2n) is 23.8. The summed E-state index contributed by atoms with van der Waals surface area (Å²) in [6.45, 7) is 16.7. The summed E-state index contributed by atoms with van der Waals surface area (Å²) < 4.78 is 12.5. The number of nitrogens with one attached hydrogen (secondary N) is 2. The Hall–Kier alpha value is -6.88. The average molecular weight is 1030 g/mol. The molecule has 0 spiro atoms. The molecule has 402 valence electrons. The second kappa shape index (κ2) is 23.6. The molecule has 0 bridgehead atoms. The van der Waals surface area contributed by atoms with Crippen molar-refractivity contribution in [2.75, 3.05) is 36.2 Å². The first-order valence-electron chi connectivity index (χ1n) is 27.1. The molecule has 16 nitrogen and oxygen atoms in total. The molecule has 76 heavy (non-hydrogen) atoms. The summed E-state index contributed by atoms with van der Waals surface area (Å²) in [5.41, 5.74) is 3.06. The molecule has 2 aliphatic heterocycles. The summed E-state index contributed by atoms with van der Waals surface area (Å²) in [5, 5.41) is 28.1. The van der Waals surface area contributed by atoms with Crippen molar-refractivity contribution in [1.82, 2.24) is 30.4 Å². The van der Waals surface area contributed by atoms with E-state index in [1.165, 1.54) is 14.7 Å². The number of rotatable bonds is 13. The van der Waals surface area contributed by atoms with Gasteiger partial charge < -0.3 is 20.1 Å². The zero-order valence-electron chi connectivity index (χ0n) is 45.6. The van der Waals surface area contributed by atoms with Crippen LogP contribution in [0, 0.1) is 28.8 Å². The Morgan fingerprint density at radius 1 is 0.658 bits per heavy atom. The Labute approximate surface area is 449 Å². The van der Waals surface area contributed by atoms with Crippen molar-refractivity contribution in [2.45, 2.75) is 172 Å². The number of carbonyl (C=O) groups excluding carboxylic acids is 4. The smallest absolute Gasteiger partial charge is 0.253 e. The molecule has 2 aromatic carbocycles. The van der Waals surface area contributed by atoms with Crippen LogP contribution in [0.1, 0.15) is 148 Å². The third kappa shape index (κ3) is 12.7. The number of carbonyl (C=O) groups is 4. The molecular formula is C60H76N10O6. The third-order valence-electron chi connectivity index (χ3n) is 15.7. The SMILES string of the molecule is CC1(C)CN(C#N)[C@@H](C(=O)N(c2ccc(C(C)(C)C)cc2)[C@@H](C(=O)NC2CCCC(C3COC[C@H](C(=O)N(c4ccc(C(C)(C)C)cc4)[C@@H](C(=O)NC4CCCCC4)c4cccnc4)N3C#N)C2)c2cccnc2)CO1. The first kappa shape index (κ1) is 55.4. The van der Waals surface area contributed by atoms with Crippen molar-refractivity contribution in [2.24, 2.45) is 5.92 Å². The average Bonchev–Trinajstić information content (AvgIpc) is 3.42. The van der Waals surface area contributed by atoms with E-state index in [0.717, 1.165) is 43.2 Å². The Morgan fingerprint density at radius 2 is 1.17 bits per heavy atom. The van der Waals surface area contributed by atoms with E-state index in [1.807, 2.05) is 68.4 Å². The van der Waals surface area contributed by atoms with E-state index in [-0.39, 0.29) is 61.1 Å². The number of morpholine rings is 2. The number of benzene rings is 2. The van der Waals surface area contributed by atoms with E-state index in [1.54, 1.807) is 47.9 Å². The molecule has 16 heteroatoms. The summed E-state index contributed by atoms with van der Waals surface area (Å²) in [6.07, 6.45) is 18.4. The van der Waals surface area contributed by atoms with Gasteiger partial charge in [0.15, 0.2) is 12.4 Å². The zero-order chi connectivity index (χ0) is 54.4. The summed E-state index contributed by atoms with van der Waals surface area (Å²) >= 11 is 0. The first-order valence-corrected chi connectivity index (χ1v) is 27.1. The minimum absolute atomic E-state index is 0.0328. The van der Waals surface area contributed by atoms with Gasteiger partial charge in [0.1, 0.15) is 24.2 Å². The molecule has 4 fully saturated rings. The van der Waals surface area contributed by atoms with Crippen LogP contribution in [0.5, 0.6) is 0 Å². The van der Waals surface area contributed by atoms with Crippen LogP contribution in [0.15, 0.2) is 97.6 Å². The minimum atomic E-state index is -1.19. The van der Waals surface area contributed by atoms with Gasteiger partial charge in [-0.3, -0.25) is 48.7 Å². The van der Waals surface area contributed by atoms with Crippen LogP contribution in [0.3, 0.4) is 0 Å². The molecule has 4 amide bonds. The molecule has 2 aromatic heterocycles. The maximum absolute atomic E-state index is 15.6. The van der Waals surface area contributed by atoms with Gasteiger partial charge in [0.25, 0.3) is 11.8 Å². The van der Waals surface area contributed by atoms with Crippen LogP contribution in [0.4, 0.5) is 11.4 Å². The maximum Gasteiger partial charge on any atom is 0.253 e. The molecule has 4 heterocycles. The van der Waals surface area contributed by atoms with Gasteiger partial charge in [0, 0.05) is 59.4 Å². The highest BCUT2D eigenvalue weighted by Gasteiger charge is 2.47. The highest BCUT2D eigenvalue weighted by atomic mass is 16.5. The number of nitrogens with zero attached hydrogens (tertiary/aromatic N) is 8. The van der Waals surface area contributed by atoms with Crippen LogP contribution >= 0.6 is 0 Å². The van der Waals surface area contributed by atoms with Crippen molar-refractivity contribution >= 4 is 35.0 Å². The van der Waals surface area contributed by atoms with Gasteiger partial charge >= 0.3 is 0 Å². The lowest BCUT2D eigenvalue weighted by Crippen LogP contribution is -2.61. The van der Waals surface area contributed by atoms with E-state index in [2.05, 4.69) is 74.5 Å². The Kier molecular flexibility index (Phi) is 17.2. The number of nitriles is 2. The molecule has 4 aliphatic rings. The van der Waals surface area contributed by atoms with E-state index in [9.17, 15) is 15.3 Å². The molecule has 2 saturated heterocycles. The van der Waals surface area contributed by atoms with Crippen LogP contribution in [-0.4, -0.2) is 106 Å². The normalized spacial score (nSPS) is 22.9. The Balaban J connectivity index is 1.09. The zero-order valence-corrected chi connectivity index (χ0v) is 45.6. The summed E-state index contributed by atoms with van der Waals surface area (Å²) in [4.78, 5) is 75.6. The van der Waals surface area contributed by atoms with Gasteiger partial charge in [0.2, 0.25) is 11.8 Å². The molecule has 8 rings (SSSR count). The van der Waals surface area contributed by atoms with Gasteiger partial charge in [-0.15, -0.1) is 0 Å². The molecule has 3 unspecified atom stereocenters. The Morgan fingerprint density at radius 3 is 1.66 bits per heavy atom.